The van der Waals surface area contributed by atoms with E-state index in [1.807, 2.05) is 18.3 Å². The van der Waals surface area contributed by atoms with Crippen molar-refractivity contribution in [2.75, 3.05) is 5.32 Å². The Hall–Kier alpha value is -1.71. The fourth-order valence-corrected chi connectivity index (χ4v) is 1.24. The summed E-state index contributed by atoms with van der Waals surface area (Å²) in [4.78, 5) is 0. The normalized spacial score (nSPS) is 10.4. The number of hydrogen-bond acceptors (Lipinski definition) is 3. The first kappa shape index (κ1) is 8.87. The number of nitrogens with zero attached hydrogens (tertiary/aromatic N) is 1. The second-order valence-electron chi connectivity index (χ2n) is 3.06. The van der Waals surface area contributed by atoms with Gasteiger partial charge in [-0.25, -0.2) is 0 Å². The van der Waals surface area contributed by atoms with Crippen molar-refractivity contribution in [3.05, 3.63) is 36.0 Å². The number of aromatic amines is 1. The second-order valence-corrected chi connectivity index (χ2v) is 3.06. The fourth-order valence-electron chi connectivity index (χ4n) is 1.24. The van der Waals surface area contributed by atoms with Gasteiger partial charge in [0.15, 0.2) is 0 Å². The SMILES string of the molecule is CCc1ccc(CNc2cn[nH]c2)o1. The molecule has 14 heavy (non-hydrogen) atoms. The molecule has 74 valence electrons. The highest BCUT2D eigenvalue weighted by molar-refractivity contribution is 5.37. The molecule has 0 fully saturated rings. The highest BCUT2D eigenvalue weighted by Crippen LogP contribution is 2.10. The van der Waals surface area contributed by atoms with Crippen LogP contribution in [-0.4, -0.2) is 10.2 Å². The molecule has 0 saturated heterocycles. The zero-order chi connectivity index (χ0) is 9.80. The Morgan fingerprint density at radius 2 is 2.29 bits per heavy atom. The zero-order valence-electron chi connectivity index (χ0n) is 8.08. The first-order valence-corrected chi connectivity index (χ1v) is 4.68. The molecule has 2 N–H and O–H groups in total. The van der Waals surface area contributed by atoms with Crippen LogP contribution in [0.25, 0.3) is 0 Å². The lowest BCUT2D eigenvalue weighted by molar-refractivity contribution is 0.476. The minimum absolute atomic E-state index is 0.694. The molecule has 2 heterocycles. The molecule has 4 nitrogen and oxygen atoms in total. The van der Waals surface area contributed by atoms with Crippen molar-refractivity contribution in [1.29, 1.82) is 0 Å². The molecule has 0 radical (unpaired) electrons. The molecule has 2 rings (SSSR count). The van der Waals surface area contributed by atoms with Crippen molar-refractivity contribution in [3.8, 4) is 0 Å². The monoisotopic (exact) mass is 191 g/mol. The number of nitrogens with one attached hydrogen (secondary N) is 2. The van der Waals surface area contributed by atoms with Gasteiger partial charge >= 0.3 is 0 Å². The van der Waals surface area contributed by atoms with E-state index in [9.17, 15) is 0 Å². The van der Waals surface area contributed by atoms with E-state index in [4.69, 9.17) is 4.42 Å². The number of hydrogen-bond donors (Lipinski definition) is 2. The van der Waals surface area contributed by atoms with Crippen molar-refractivity contribution < 1.29 is 4.42 Å². The summed E-state index contributed by atoms with van der Waals surface area (Å²) in [6.45, 7) is 2.77. The maximum absolute atomic E-state index is 5.54. The number of rotatable bonds is 4. The summed E-state index contributed by atoms with van der Waals surface area (Å²) in [6, 6.07) is 4.00. The van der Waals surface area contributed by atoms with Crippen LogP contribution in [0, 0.1) is 0 Å². The molecule has 0 saturated carbocycles. The highest BCUT2D eigenvalue weighted by atomic mass is 16.3. The second kappa shape index (κ2) is 4.00. The van der Waals surface area contributed by atoms with Gasteiger partial charge in [0, 0.05) is 12.6 Å². The largest absolute Gasteiger partial charge is 0.464 e. The first-order chi connectivity index (χ1) is 6.88. The molecule has 0 unspecified atom stereocenters. The summed E-state index contributed by atoms with van der Waals surface area (Å²) < 4.78 is 5.54. The van der Waals surface area contributed by atoms with Crippen LogP contribution < -0.4 is 5.32 Å². The van der Waals surface area contributed by atoms with Crippen molar-refractivity contribution >= 4 is 5.69 Å². The number of H-pyrrole nitrogens is 1. The average molecular weight is 191 g/mol. The summed E-state index contributed by atoms with van der Waals surface area (Å²) >= 11 is 0. The minimum Gasteiger partial charge on any atom is -0.464 e. The van der Waals surface area contributed by atoms with Gasteiger partial charge in [0.05, 0.1) is 18.4 Å². The van der Waals surface area contributed by atoms with E-state index >= 15 is 0 Å². The van der Waals surface area contributed by atoms with E-state index in [0.717, 1.165) is 23.6 Å². The fraction of sp³-hybridized carbons (Fsp3) is 0.300. The lowest BCUT2D eigenvalue weighted by Crippen LogP contribution is -1.96. The zero-order valence-corrected chi connectivity index (χ0v) is 8.08. The predicted octanol–water partition coefficient (Wildman–Crippen LogP) is 2.18. The molecule has 0 spiro atoms. The first-order valence-electron chi connectivity index (χ1n) is 4.68. The molecule has 2 aromatic heterocycles. The lowest BCUT2D eigenvalue weighted by Gasteiger charge is -1.99. The number of aryl methyl sites for hydroxylation is 1. The highest BCUT2D eigenvalue weighted by Gasteiger charge is 2.00. The Morgan fingerprint density at radius 3 is 2.93 bits per heavy atom. The topological polar surface area (TPSA) is 53.9 Å². The number of aromatic nitrogens is 2. The molecule has 0 aliphatic carbocycles. The third kappa shape index (κ3) is 1.96. The molecule has 0 atom stereocenters. The summed E-state index contributed by atoms with van der Waals surface area (Å²) in [5.74, 6) is 1.97. The van der Waals surface area contributed by atoms with Crippen molar-refractivity contribution in [2.24, 2.45) is 0 Å². The van der Waals surface area contributed by atoms with Gasteiger partial charge in [-0.2, -0.15) is 5.10 Å². The number of anilines is 1. The van der Waals surface area contributed by atoms with Crippen LogP contribution >= 0.6 is 0 Å². The standard InChI is InChI=1S/C10H13N3O/c1-2-9-3-4-10(14-9)7-11-8-5-12-13-6-8/h3-6,11H,2,7H2,1H3,(H,12,13). The maximum Gasteiger partial charge on any atom is 0.123 e. The minimum atomic E-state index is 0.694. The van der Waals surface area contributed by atoms with Crippen LogP contribution in [0.2, 0.25) is 0 Å². The van der Waals surface area contributed by atoms with E-state index in [1.54, 1.807) is 6.20 Å². The van der Waals surface area contributed by atoms with Gasteiger partial charge in [-0.3, -0.25) is 5.10 Å². The summed E-state index contributed by atoms with van der Waals surface area (Å²) in [7, 11) is 0. The van der Waals surface area contributed by atoms with Gasteiger partial charge in [0.25, 0.3) is 0 Å². The number of furan rings is 1. The van der Waals surface area contributed by atoms with Gasteiger partial charge in [0.2, 0.25) is 0 Å². The van der Waals surface area contributed by atoms with Gasteiger partial charge in [-0.15, -0.1) is 0 Å². The van der Waals surface area contributed by atoms with Crippen molar-refractivity contribution in [2.45, 2.75) is 19.9 Å². The van der Waals surface area contributed by atoms with Gasteiger partial charge in [-0.05, 0) is 12.1 Å². The quantitative estimate of drug-likeness (QED) is 0.778. The van der Waals surface area contributed by atoms with Gasteiger partial charge in [-0.1, -0.05) is 6.92 Å². The molecule has 4 heteroatoms. The smallest absolute Gasteiger partial charge is 0.123 e. The van der Waals surface area contributed by atoms with Crippen LogP contribution in [0.1, 0.15) is 18.4 Å². The Kier molecular flexibility index (Phi) is 2.53. The van der Waals surface area contributed by atoms with Crippen LogP contribution in [0.4, 0.5) is 5.69 Å². The molecule has 0 amide bonds. The Balaban J connectivity index is 1.92. The molecule has 0 aromatic carbocycles. The van der Waals surface area contributed by atoms with E-state index < -0.39 is 0 Å². The van der Waals surface area contributed by atoms with Crippen LogP contribution in [0.15, 0.2) is 28.9 Å². The summed E-state index contributed by atoms with van der Waals surface area (Å²) in [6.07, 6.45) is 4.49. The Bertz CT molecular complexity index is 378. The van der Waals surface area contributed by atoms with E-state index in [0.29, 0.717) is 6.54 Å². The molecule has 0 aliphatic rings. The predicted molar refractivity (Wildman–Crippen MR) is 54.0 cm³/mol. The van der Waals surface area contributed by atoms with Crippen molar-refractivity contribution in [1.82, 2.24) is 10.2 Å². The van der Waals surface area contributed by atoms with E-state index in [2.05, 4.69) is 22.4 Å². The third-order valence-corrected chi connectivity index (χ3v) is 2.03. The van der Waals surface area contributed by atoms with Crippen LogP contribution in [0.5, 0.6) is 0 Å². The summed E-state index contributed by atoms with van der Waals surface area (Å²) in [5, 5.41) is 9.77. The van der Waals surface area contributed by atoms with Crippen molar-refractivity contribution in [3.63, 3.8) is 0 Å². The molecular weight excluding hydrogens is 178 g/mol. The van der Waals surface area contributed by atoms with E-state index in [-0.39, 0.29) is 0 Å². The molecule has 0 bridgehead atoms. The molecule has 0 aliphatic heterocycles. The van der Waals surface area contributed by atoms with Crippen LogP contribution in [0.3, 0.4) is 0 Å². The Morgan fingerprint density at radius 1 is 1.43 bits per heavy atom. The third-order valence-electron chi connectivity index (χ3n) is 2.03. The molecular formula is C10H13N3O. The summed E-state index contributed by atoms with van der Waals surface area (Å²) in [5.41, 5.74) is 0.972. The van der Waals surface area contributed by atoms with Gasteiger partial charge < -0.3 is 9.73 Å². The average Bonchev–Trinajstić information content (AvgIpc) is 2.86. The van der Waals surface area contributed by atoms with Gasteiger partial charge in [0.1, 0.15) is 11.5 Å². The van der Waals surface area contributed by atoms with Crippen LogP contribution in [-0.2, 0) is 13.0 Å². The maximum atomic E-state index is 5.54. The van der Waals surface area contributed by atoms with E-state index in [1.165, 1.54) is 0 Å². The molecule has 2 aromatic rings. The Labute approximate surface area is 82.3 Å². The lowest BCUT2D eigenvalue weighted by atomic mass is 10.3.